The third-order valence-electron chi connectivity index (χ3n) is 3.37. The molecular weight excluding hydrogens is 358 g/mol. The Balaban J connectivity index is 1.79. The van der Waals surface area contributed by atoms with Crippen molar-refractivity contribution in [3.63, 3.8) is 0 Å². The van der Waals surface area contributed by atoms with Crippen LogP contribution in [0.5, 0.6) is 0 Å². The molecule has 0 aliphatic heterocycles. The van der Waals surface area contributed by atoms with Gasteiger partial charge < -0.3 is 10.1 Å². The van der Waals surface area contributed by atoms with Gasteiger partial charge in [0.1, 0.15) is 0 Å². The van der Waals surface area contributed by atoms with E-state index in [0.717, 1.165) is 22.0 Å². The third-order valence-corrected chi connectivity index (χ3v) is 4.14. The topological polar surface area (TPSA) is 55.4 Å². The van der Waals surface area contributed by atoms with Crippen LogP contribution in [0.3, 0.4) is 0 Å². The maximum atomic E-state index is 11.9. The average molecular weight is 376 g/mol. The number of carbonyl (C=O) groups is 2. The molecule has 0 atom stereocenters. The molecule has 1 amide bonds. The van der Waals surface area contributed by atoms with Crippen LogP contribution in [0.2, 0.25) is 0 Å². The Morgan fingerprint density at radius 1 is 1.09 bits per heavy atom. The lowest BCUT2D eigenvalue weighted by atomic mass is 10.1. The van der Waals surface area contributed by atoms with Gasteiger partial charge in [0.15, 0.2) is 6.61 Å². The van der Waals surface area contributed by atoms with Gasteiger partial charge >= 0.3 is 5.97 Å². The molecule has 120 valence electrons. The minimum absolute atomic E-state index is 0.293. The number of ether oxygens (including phenoxy) is 1. The molecule has 1 N–H and O–H groups in total. The fourth-order valence-corrected chi connectivity index (χ4v) is 2.40. The number of nitrogens with one attached hydrogen (secondary N) is 1. The first-order chi connectivity index (χ1) is 11.1. The van der Waals surface area contributed by atoms with Crippen LogP contribution in [0, 0.1) is 0 Å². The molecule has 4 nitrogen and oxygen atoms in total. The quantitative estimate of drug-likeness (QED) is 0.786. The molecule has 0 aliphatic rings. The zero-order valence-electron chi connectivity index (χ0n) is 12.8. The molecule has 0 unspecified atom stereocenters. The van der Waals surface area contributed by atoms with Gasteiger partial charge in [0.25, 0.3) is 5.91 Å². The summed E-state index contributed by atoms with van der Waals surface area (Å²) in [5.74, 6) is -0.831. The van der Waals surface area contributed by atoms with Crippen LogP contribution in [-0.2, 0) is 22.5 Å². The minimum atomic E-state index is -0.497. The van der Waals surface area contributed by atoms with E-state index in [1.807, 2.05) is 43.3 Å². The maximum Gasteiger partial charge on any atom is 0.338 e. The summed E-state index contributed by atoms with van der Waals surface area (Å²) < 4.78 is 5.94. The first-order valence-corrected chi connectivity index (χ1v) is 8.15. The SMILES string of the molecule is CCc1ccc(C(=O)OCC(=O)NCc2ccccc2Br)cc1. The summed E-state index contributed by atoms with van der Waals surface area (Å²) in [6.45, 7) is 2.13. The zero-order chi connectivity index (χ0) is 16.7. The van der Waals surface area contributed by atoms with Gasteiger partial charge in [-0.25, -0.2) is 4.79 Å². The Morgan fingerprint density at radius 3 is 2.43 bits per heavy atom. The molecule has 0 heterocycles. The monoisotopic (exact) mass is 375 g/mol. The fraction of sp³-hybridized carbons (Fsp3) is 0.222. The van der Waals surface area contributed by atoms with Gasteiger partial charge in [0, 0.05) is 11.0 Å². The van der Waals surface area contributed by atoms with E-state index in [-0.39, 0.29) is 12.5 Å². The normalized spacial score (nSPS) is 10.2. The summed E-state index contributed by atoms with van der Waals surface area (Å²) >= 11 is 3.41. The molecule has 23 heavy (non-hydrogen) atoms. The first kappa shape index (κ1) is 17.2. The molecule has 0 radical (unpaired) electrons. The zero-order valence-corrected chi connectivity index (χ0v) is 14.4. The Bertz CT molecular complexity index is 683. The van der Waals surface area contributed by atoms with Gasteiger partial charge in [-0.15, -0.1) is 0 Å². The number of hydrogen-bond donors (Lipinski definition) is 1. The number of hydrogen-bond acceptors (Lipinski definition) is 3. The van der Waals surface area contributed by atoms with Crippen molar-refractivity contribution in [3.8, 4) is 0 Å². The predicted octanol–water partition coefficient (Wildman–Crippen LogP) is 3.48. The molecule has 0 aliphatic carbocycles. The van der Waals surface area contributed by atoms with E-state index in [4.69, 9.17) is 4.74 Å². The number of halogens is 1. The summed E-state index contributed by atoms with van der Waals surface area (Å²) in [4.78, 5) is 23.6. The molecule has 0 bridgehead atoms. The summed E-state index contributed by atoms with van der Waals surface area (Å²) in [5.41, 5.74) is 2.55. The predicted molar refractivity (Wildman–Crippen MR) is 92.1 cm³/mol. The molecule has 2 aromatic rings. The molecule has 5 heteroatoms. The van der Waals surface area contributed by atoms with Gasteiger partial charge in [-0.1, -0.05) is 53.2 Å². The van der Waals surface area contributed by atoms with E-state index < -0.39 is 5.97 Å². The van der Waals surface area contributed by atoms with E-state index in [1.54, 1.807) is 12.1 Å². The van der Waals surface area contributed by atoms with Crippen LogP contribution in [0.1, 0.15) is 28.4 Å². The minimum Gasteiger partial charge on any atom is -0.452 e. The lowest BCUT2D eigenvalue weighted by Gasteiger charge is -2.08. The largest absolute Gasteiger partial charge is 0.452 e. The highest BCUT2D eigenvalue weighted by Gasteiger charge is 2.10. The summed E-state index contributed by atoms with van der Waals surface area (Å²) in [7, 11) is 0. The van der Waals surface area contributed by atoms with Crippen LogP contribution in [0.15, 0.2) is 53.0 Å². The number of benzene rings is 2. The van der Waals surface area contributed by atoms with Crippen molar-refractivity contribution < 1.29 is 14.3 Å². The van der Waals surface area contributed by atoms with Crippen molar-refractivity contribution in [1.29, 1.82) is 0 Å². The standard InChI is InChI=1S/C18H18BrNO3/c1-2-13-7-9-14(10-8-13)18(22)23-12-17(21)20-11-15-5-3-4-6-16(15)19/h3-10H,2,11-12H2,1H3,(H,20,21). The lowest BCUT2D eigenvalue weighted by molar-refractivity contribution is -0.124. The van der Waals surface area contributed by atoms with E-state index >= 15 is 0 Å². The van der Waals surface area contributed by atoms with Crippen molar-refractivity contribution in [1.82, 2.24) is 5.32 Å². The molecule has 0 fully saturated rings. The maximum absolute atomic E-state index is 11.9. The molecule has 0 aromatic heterocycles. The smallest absolute Gasteiger partial charge is 0.338 e. The summed E-state index contributed by atoms with van der Waals surface area (Å²) in [5, 5.41) is 2.72. The lowest BCUT2D eigenvalue weighted by Crippen LogP contribution is -2.28. The second kappa shape index (κ2) is 8.48. The van der Waals surface area contributed by atoms with E-state index in [9.17, 15) is 9.59 Å². The number of carbonyl (C=O) groups excluding carboxylic acids is 2. The summed E-state index contributed by atoms with van der Waals surface area (Å²) in [6, 6.07) is 14.8. The first-order valence-electron chi connectivity index (χ1n) is 7.36. The molecule has 2 rings (SSSR count). The molecule has 2 aromatic carbocycles. The third kappa shape index (κ3) is 5.21. The highest BCUT2D eigenvalue weighted by atomic mass is 79.9. The average Bonchev–Trinajstić information content (AvgIpc) is 2.59. The van der Waals surface area contributed by atoms with Crippen LogP contribution in [-0.4, -0.2) is 18.5 Å². The highest BCUT2D eigenvalue weighted by Crippen LogP contribution is 2.15. The molecular formula is C18H18BrNO3. The number of aryl methyl sites for hydroxylation is 1. The van der Waals surface area contributed by atoms with Gasteiger partial charge in [-0.2, -0.15) is 0 Å². The Hall–Kier alpha value is -2.14. The number of rotatable bonds is 6. The Labute approximate surface area is 144 Å². The fourth-order valence-electron chi connectivity index (χ4n) is 1.98. The van der Waals surface area contributed by atoms with Crippen molar-refractivity contribution in [2.75, 3.05) is 6.61 Å². The van der Waals surface area contributed by atoms with Gasteiger partial charge in [-0.3, -0.25) is 4.79 Å². The highest BCUT2D eigenvalue weighted by molar-refractivity contribution is 9.10. The molecule has 0 spiro atoms. The second-order valence-corrected chi connectivity index (χ2v) is 5.85. The van der Waals surface area contributed by atoms with Gasteiger partial charge in [0.2, 0.25) is 0 Å². The van der Waals surface area contributed by atoms with Crippen molar-refractivity contribution >= 4 is 27.8 Å². The molecule has 0 saturated heterocycles. The van der Waals surface area contributed by atoms with E-state index in [1.165, 1.54) is 0 Å². The van der Waals surface area contributed by atoms with Crippen LogP contribution >= 0.6 is 15.9 Å². The van der Waals surface area contributed by atoms with Crippen LogP contribution in [0.4, 0.5) is 0 Å². The van der Waals surface area contributed by atoms with Gasteiger partial charge in [0.05, 0.1) is 5.56 Å². The second-order valence-electron chi connectivity index (χ2n) is 4.99. The van der Waals surface area contributed by atoms with Crippen molar-refractivity contribution in [2.24, 2.45) is 0 Å². The Morgan fingerprint density at radius 2 is 1.78 bits per heavy atom. The summed E-state index contributed by atoms with van der Waals surface area (Å²) in [6.07, 6.45) is 0.910. The molecule has 0 saturated carbocycles. The van der Waals surface area contributed by atoms with Crippen LogP contribution in [0.25, 0.3) is 0 Å². The van der Waals surface area contributed by atoms with Crippen LogP contribution < -0.4 is 5.32 Å². The number of esters is 1. The van der Waals surface area contributed by atoms with Gasteiger partial charge in [-0.05, 0) is 35.7 Å². The van der Waals surface area contributed by atoms with Crippen molar-refractivity contribution in [3.05, 3.63) is 69.7 Å². The number of amides is 1. The van der Waals surface area contributed by atoms with Crippen molar-refractivity contribution in [2.45, 2.75) is 19.9 Å². The van der Waals surface area contributed by atoms with E-state index in [0.29, 0.717) is 12.1 Å². The van der Waals surface area contributed by atoms with E-state index in [2.05, 4.69) is 21.2 Å². The Kier molecular flexibility index (Phi) is 6.35.